The van der Waals surface area contributed by atoms with Gasteiger partial charge >= 0.3 is 12.4 Å². The zero-order chi connectivity index (χ0) is 19.1. The molecule has 9 heteroatoms. The molecule has 0 radical (unpaired) electrons. The first-order valence-electron chi connectivity index (χ1n) is 8.18. The number of aromatic nitrogens is 1. The molecule has 0 aliphatic carbocycles. The third kappa shape index (κ3) is 3.64. The van der Waals surface area contributed by atoms with Crippen LogP contribution in [-0.4, -0.2) is 22.7 Å². The number of aliphatic hydroxyl groups excluding tert-OH is 1. The lowest BCUT2D eigenvalue weighted by atomic mass is 9.91. The minimum Gasteiger partial charge on any atom is -0.382 e. The molecule has 2 heterocycles. The predicted octanol–water partition coefficient (Wildman–Crippen LogP) is 3.42. The van der Waals surface area contributed by atoms with E-state index in [4.69, 9.17) is 0 Å². The van der Waals surface area contributed by atoms with Gasteiger partial charge in [0.1, 0.15) is 17.8 Å². The number of halogens is 6. The van der Waals surface area contributed by atoms with E-state index in [1.54, 1.807) is 0 Å². The second kappa shape index (κ2) is 6.70. The number of nitrogens with zero attached hydrogens (tertiary/aromatic N) is 1. The third-order valence-corrected chi connectivity index (χ3v) is 4.65. The summed E-state index contributed by atoms with van der Waals surface area (Å²) in [7, 11) is 0. The van der Waals surface area contributed by atoms with E-state index < -0.39 is 41.3 Å². The highest BCUT2D eigenvalue weighted by Crippen LogP contribution is 2.39. The summed E-state index contributed by atoms with van der Waals surface area (Å²) in [6.07, 6.45) is -8.78. The van der Waals surface area contributed by atoms with Gasteiger partial charge in [0, 0.05) is 11.8 Å². The first-order chi connectivity index (χ1) is 12.1. The Morgan fingerprint density at radius 2 is 1.81 bits per heavy atom. The summed E-state index contributed by atoms with van der Waals surface area (Å²) >= 11 is 0. The van der Waals surface area contributed by atoms with Crippen molar-refractivity contribution in [3.05, 3.63) is 41.1 Å². The van der Waals surface area contributed by atoms with Gasteiger partial charge in [-0.15, -0.1) is 0 Å². The highest BCUT2D eigenvalue weighted by atomic mass is 19.4. The van der Waals surface area contributed by atoms with Crippen molar-refractivity contribution in [2.45, 2.75) is 43.8 Å². The summed E-state index contributed by atoms with van der Waals surface area (Å²) in [6.45, 7) is 0.713. The molecule has 26 heavy (non-hydrogen) atoms. The van der Waals surface area contributed by atoms with Crippen molar-refractivity contribution in [1.82, 2.24) is 4.98 Å². The third-order valence-electron chi connectivity index (χ3n) is 4.65. The van der Waals surface area contributed by atoms with E-state index in [1.165, 1.54) is 6.07 Å². The molecule has 2 aromatic rings. The van der Waals surface area contributed by atoms with Crippen LogP contribution in [0, 0.1) is 0 Å². The number of hydrogen-bond acceptors (Lipinski definition) is 2. The highest BCUT2D eigenvalue weighted by Gasteiger charge is 2.39. The number of nitrogens with two attached hydrogens (primary N) is 1. The number of pyridine rings is 1. The molecule has 3 N–H and O–H groups in total. The van der Waals surface area contributed by atoms with Crippen LogP contribution in [0.5, 0.6) is 0 Å². The quantitative estimate of drug-likeness (QED) is 0.786. The molecule has 1 aliphatic heterocycles. The fourth-order valence-electron chi connectivity index (χ4n) is 3.38. The predicted molar refractivity (Wildman–Crippen MR) is 81.1 cm³/mol. The van der Waals surface area contributed by atoms with Gasteiger partial charge in [-0.25, -0.2) is 4.98 Å². The molecular weight excluding hydrogens is 362 g/mol. The monoisotopic (exact) mass is 379 g/mol. The number of para-hydroxylation sites is 1. The number of rotatable bonds is 2. The molecule has 1 aliphatic rings. The number of aliphatic hydroxyl groups is 1. The second-order valence-electron chi connectivity index (χ2n) is 6.42. The Morgan fingerprint density at radius 3 is 2.38 bits per heavy atom. The second-order valence-corrected chi connectivity index (χ2v) is 6.42. The van der Waals surface area contributed by atoms with Crippen LogP contribution in [0.3, 0.4) is 0 Å². The molecular formula is C17H17F6N2O+. The normalized spacial score (nSPS) is 20.3. The number of benzene rings is 1. The van der Waals surface area contributed by atoms with Crippen molar-refractivity contribution >= 4 is 10.9 Å². The van der Waals surface area contributed by atoms with Gasteiger partial charge < -0.3 is 10.4 Å². The summed E-state index contributed by atoms with van der Waals surface area (Å²) in [5.74, 6) is 0. The van der Waals surface area contributed by atoms with Crippen molar-refractivity contribution in [3.8, 4) is 0 Å². The molecule has 0 amide bonds. The van der Waals surface area contributed by atoms with Crippen molar-refractivity contribution in [2.24, 2.45) is 0 Å². The molecule has 3 nitrogen and oxygen atoms in total. The Labute approximate surface area is 145 Å². The molecule has 1 fully saturated rings. The van der Waals surface area contributed by atoms with Gasteiger partial charge in [-0.1, -0.05) is 12.1 Å². The lowest BCUT2D eigenvalue weighted by molar-refractivity contribution is -0.705. The highest BCUT2D eigenvalue weighted by molar-refractivity contribution is 5.86. The number of quaternary nitrogens is 1. The van der Waals surface area contributed by atoms with Crippen LogP contribution in [0.4, 0.5) is 26.3 Å². The average Bonchev–Trinajstić information content (AvgIpc) is 2.58. The minimum absolute atomic E-state index is 0.112. The molecule has 142 valence electrons. The van der Waals surface area contributed by atoms with Crippen LogP contribution in [0.15, 0.2) is 24.3 Å². The summed E-state index contributed by atoms with van der Waals surface area (Å²) in [4.78, 5) is 3.23. The lowest BCUT2D eigenvalue weighted by Crippen LogP contribution is -2.92. The molecule has 1 aromatic heterocycles. The Kier molecular flexibility index (Phi) is 4.87. The molecule has 1 aromatic carbocycles. The largest absolute Gasteiger partial charge is 0.433 e. The molecule has 0 saturated carbocycles. The van der Waals surface area contributed by atoms with E-state index in [0.717, 1.165) is 18.9 Å². The van der Waals surface area contributed by atoms with Crippen LogP contribution in [0.1, 0.15) is 42.2 Å². The fraction of sp³-hybridized carbons (Fsp3) is 0.471. The van der Waals surface area contributed by atoms with Gasteiger partial charge in [0.25, 0.3) is 0 Å². The van der Waals surface area contributed by atoms with Crippen molar-refractivity contribution in [1.29, 1.82) is 0 Å². The number of piperidine rings is 1. The molecule has 0 unspecified atom stereocenters. The van der Waals surface area contributed by atoms with Crippen molar-refractivity contribution < 1.29 is 36.8 Å². The van der Waals surface area contributed by atoms with E-state index in [-0.39, 0.29) is 10.9 Å². The van der Waals surface area contributed by atoms with Crippen molar-refractivity contribution in [2.75, 3.05) is 6.54 Å². The zero-order valence-corrected chi connectivity index (χ0v) is 13.5. The molecule has 2 atom stereocenters. The topological polar surface area (TPSA) is 49.7 Å². The number of fused-ring (bicyclic) bond motifs is 1. The summed E-state index contributed by atoms with van der Waals surface area (Å²) in [5.41, 5.74) is -3.65. The minimum atomic E-state index is -4.92. The van der Waals surface area contributed by atoms with Gasteiger partial charge in [-0.2, -0.15) is 26.3 Å². The first kappa shape index (κ1) is 18.9. The van der Waals surface area contributed by atoms with Gasteiger partial charge in [0.15, 0.2) is 0 Å². The Morgan fingerprint density at radius 1 is 1.08 bits per heavy atom. The Balaban J connectivity index is 2.23. The molecule has 0 spiro atoms. The maximum Gasteiger partial charge on any atom is 0.433 e. The summed E-state index contributed by atoms with van der Waals surface area (Å²) in [5, 5.41) is 12.3. The first-order valence-corrected chi connectivity index (χ1v) is 8.18. The van der Waals surface area contributed by atoms with Gasteiger partial charge in [-0.3, -0.25) is 0 Å². The van der Waals surface area contributed by atoms with Crippen LogP contribution >= 0.6 is 0 Å². The van der Waals surface area contributed by atoms with E-state index in [0.29, 0.717) is 25.1 Å². The van der Waals surface area contributed by atoms with Gasteiger partial charge in [0.2, 0.25) is 0 Å². The smallest absolute Gasteiger partial charge is 0.382 e. The standard InChI is InChI=1S/C17H16F6N2O/c18-16(19,20)11-5-3-4-9-10(15(26)12-6-1-2-7-24-12)8-13(17(21,22)23)25-14(9)11/h3-5,8,12,15,24,26H,1-2,6-7H2/p+1/t12-,15-/m1/s1. The molecule has 1 saturated heterocycles. The van der Waals surface area contributed by atoms with Crippen LogP contribution in [-0.2, 0) is 12.4 Å². The van der Waals surface area contributed by atoms with Gasteiger partial charge in [-0.05, 0) is 30.5 Å². The summed E-state index contributed by atoms with van der Waals surface area (Å²) < 4.78 is 79.3. The number of hydrogen-bond donors (Lipinski definition) is 2. The molecule has 3 rings (SSSR count). The van der Waals surface area contributed by atoms with E-state index in [2.05, 4.69) is 4.98 Å². The number of alkyl halides is 6. The van der Waals surface area contributed by atoms with E-state index in [1.807, 2.05) is 5.32 Å². The Bertz CT molecular complexity index is 796. The Hall–Kier alpha value is -1.87. The average molecular weight is 379 g/mol. The van der Waals surface area contributed by atoms with E-state index in [9.17, 15) is 31.4 Å². The molecule has 0 bridgehead atoms. The zero-order valence-electron chi connectivity index (χ0n) is 13.5. The van der Waals surface area contributed by atoms with Crippen LogP contribution in [0.25, 0.3) is 10.9 Å². The lowest BCUT2D eigenvalue weighted by Gasteiger charge is -2.26. The van der Waals surface area contributed by atoms with Crippen LogP contribution < -0.4 is 5.32 Å². The maximum absolute atomic E-state index is 13.2. The van der Waals surface area contributed by atoms with Crippen molar-refractivity contribution in [3.63, 3.8) is 0 Å². The van der Waals surface area contributed by atoms with E-state index >= 15 is 0 Å². The van der Waals surface area contributed by atoms with Crippen LogP contribution in [0.2, 0.25) is 0 Å². The summed E-state index contributed by atoms with van der Waals surface area (Å²) in [6, 6.07) is 3.33. The maximum atomic E-state index is 13.2. The van der Waals surface area contributed by atoms with Gasteiger partial charge in [0.05, 0.1) is 17.6 Å². The fourth-order valence-corrected chi connectivity index (χ4v) is 3.38. The SMILES string of the molecule is O[C@H](c1cc(C(F)(F)F)nc2c(C(F)(F)F)cccc12)[C@H]1CCCC[NH2+]1.